The number of thioether (sulfide) groups is 1. The standard InChI is InChI=1S/C25H22N2O5S/c1-3-32-23(29)15-26-13-18(19-6-4-5-7-20(19)26)12-22-24(30)27(25(31)33-22)14-21(28)17-10-8-16(2)9-11-17/h4-13H,3,14-15H2,1-2H3/b22-12-. The molecular formula is C25H22N2O5S. The molecule has 2 amide bonds. The van der Waals surface area contributed by atoms with Crippen molar-refractivity contribution in [2.24, 2.45) is 0 Å². The van der Waals surface area contributed by atoms with Gasteiger partial charge in [0.25, 0.3) is 11.1 Å². The SMILES string of the molecule is CCOC(=O)Cn1cc(/C=C2\SC(=O)N(CC(=O)c3ccc(C)cc3)C2=O)c2ccccc21. The molecule has 168 valence electrons. The van der Waals surface area contributed by atoms with Gasteiger partial charge in [0.15, 0.2) is 5.78 Å². The molecule has 4 rings (SSSR count). The van der Waals surface area contributed by atoms with Crippen LogP contribution in [0.5, 0.6) is 0 Å². The summed E-state index contributed by atoms with van der Waals surface area (Å²) in [6.45, 7) is 3.68. The van der Waals surface area contributed by atoms with Crippen LogP contribution < -0.4 is 0 Å². The lowest BCUT2D eigenvalue weighted by atomic mass is 10.1. The number of ketones is 1. The molecule has 0 radical (unpaired) electrons. The molecule has 0 unspecified atom stereocenters. The van der Waals surface area contributed by atoms with Gasteiger partial charge in [-0.05, 0) is 37.8 Å². The van der Waals surface area contributed by atoms with Crippen LogP contribution in [0.1, 0.15) is 28.4 Å². The zero-order chi connectivity index (χ0) is 23.5. The van der Waals surface area contributed by atoms with Crippen LogP contribution in [0.25, 0.3) is 17.0 Å². The monoisotopic (exact) mass is 462 g/mol. The Kier molecular flexibility index (Phi) is 6.46. The highest BCUT2D eigenvalue weighted by Crippen LogP contribution is 2.34. The third-order valence-corrected chi connectivity index (χ3v) is 6.17. The van der Waals surface area contributed by atoms with E-state index < -0.39 is 11.1 Å². The Morgan fingerprint density at radius 3 is 2.48 bits per heavy atom. The van der Waals surface area contributed by atoms with Crippen molar-refractivity contribution in [1.82, 2.24) is 9.47 Å². The summed E-state index contributed by atoms with van der Waals surface area (Å²) in [4.78, 5) is 51.2. The van der Waals surface area contributed by atoms with Crippen LogP contribution in [0.3, 0.4) is 0 Å². The normalized spacial score (nSPS) is 15.0. The second-order valence-corrected chi connectivity index (χ2v) is 8.58. The first kappa shape index (κ1) is 22.5. The minimum Gasteiger partial charge on any atom is -0.465 e. The van der Waals surface area contributed by atoms with Gasteiger partial charge < -0.3 is 9.30 Å². The molecule has 8 heteroatoms. The number of ether oxygens (including phenoxy) is 1. The van der Waals surface area contributed by atoms with Crippen molar-refractivity contribution in [3.63, 3.8) is 0 Å². The summed E-state index contributed by atoms with van der Waals surface area (Å²) in [5, 5.41) is 0.353. The average molecular weight is 463 g/mol. The van der Waals surface area contributed by atoms with Crippen LogP contribution in [0.2, 0.25) is 0 Å². The summed E-state index contributed by atoms with van der Waals surface area (Å²) in [6, 6.07) is 14.5. The molecular weight excluding hydrogens is 440 g/mol. The number of Topliss-reactive ketones (excluding diaryl/α,β-unsaturated/α-hetero) is 1. The minimum absolute atomic E-state index is 0.0364. The van der Waals surface area contributed by atoms with E-state index in [4.69, 9.17) is 4.74 Å². The first-order valence-electron chi connectivity index (χ1n) is 10.5. The van der Waals surface area contributed by atoms with Crippen molar-refractivity contribution in [3.05, 3.63) is 76.3 Å². The first-order valence-corrected chi connectivity index (χ1v) is 11.3. The molecule has 2 aromatic carbocycles. The Hall–Kier alpha value is -3.65. The van der Waals surface area contributed by atoms with Gasteiger partial charge in [-0.2, -0.15) is 0 Å². The molecule has 3 aromatic rings. The molecule has 1 aromatic heterocycles. The molecule has 1 fully saturated rings. The van der Waals surface area contributed by atoms with E-state index in [0.717, 1.165) is 33.1 Å². The second-order valence-electron chi connectivity index (χ2n) is 7.59. The molecule has 1 aliphatic rings. The van der Waals surface area contributed by atoms with E-state index >= 15 is 0 Å². The van der Waals surface area contributed by atoms with Gasteiger partial charge in [-0.25, -0.2) is 0 Å². The first-order chi connectivity index (χ1) is 15.9. The number of carbonyl (C=O) groups is 4. The summed E-state index contributed by atoms with van der Waals surface area (Å²) in [5.41, 5.74) is 2.98. The van der Waals surface area contributed by atoms with Crippen LogP contribution in [0.4, 0.5) is 4.79 Å². The van der Waals surface area contributed by atoms with Gasteiger partial charge in [-0.1, -0.05) is 48.0 Å². The quantitative estimate of drug-likeness (QED) is 0.293. The van der Waals surface area contributed by atoms with Gasteiger partial charge in [-0.3, -0.25) is 24.1 Å². The molecule has 33 heavy (non-hydrogen) atoms. The number of para-hydroxylation sites is 1. The zero-order valence-electron chi connectivity index (χ0n) is 18.2. The van der Waals surface area contributed by atoms with E-state index in [-0.39, 0.29) is 29.7 Å². The summed E-state index contributed by atoms with van der Waals surface area (Å²) >= 11 is 0.802. The van der Waals surface area contributed by atoms with Crippen LogP contribution in [-0.4, -0.2) is 45.5 Å². The van der Waals surface area contributed by atoms with Crippen molar-refractivity contribution in [1.29, 1.82) is 0 Å². The molecule has 0 N–H and O–H groups in total. The van der Waals surface area contributed by atoms with E-state index in [1.54, 1.807) is 35.9 Å². The number of carbonyl (C=O) groups excluding carboxylic acids is 4. The van der Waals surface area contributed by atoms with Crippen LogP contribution in [0, 0.1) is 6.92 Å². The largest absolute Gasteiger partial charge is 0.465 e. The van der Waals surface area contributed by atoms with Gasteiger partial charge in [0.05, 0.1) is 18.1 Å². The van der Waals surface area contributed by atoms with E-state index in [1.807, 2.05) is 43.3 Å². The zero-order valence-corrected chi connectivity index (χ0v) is 19.1. The molecule has 0 atom stereocenters. The number of hydrogen-bond donors (Lipinski definition) is 0. The van der Waals surface area contributed by atoms with Gasteiger partial charge >= 0.3 is 5.97 Å². The van der Waals surface area contributed by atoms with E-state index in [0.29, 0.717) is 17.7 Å². The van der Waals surface area contributed by atoms with E-state index in [2.05, 4.69) is 0 Å². The average Bonchev–Trinajstić information content (AvgIpc) is 3.26. The predicted octanol–water partition coefficient (Wildman–Crippen LogP) is 4.43. The predicted molar refractivity (Wildman–Crippen MR) is 127 cm³/mol. The smallest absolute Gasteiger partial charge is 0.325 e. The van der Waals surface area contributed by atoms with Gasteiger partial charge in [0, 0.05) is 28.2 Å². The number of rotatable bonds is 7. The maximum absolute atomic E-state index is 12.9. The number of esters is 1. The maximum Gasteiger partial charge on any atom is 0.325 e. The van der Waals surface area contributed by atoms with Crippen LogP contribution in [0.15, 0.2) is 59.6 Å². The van der Waals surface area contributed by atoms with Gasteiger partial charge in [-0.15, -0.1) is 0 Å². The van der Waals surface area contributed by atoms with Crippen LogP contribution in [-0.2, 0) is 20.9 Å². The molecule has 2 heterocycles. The van der Waals surface area contributed by atoms with Crippen molar-refractivity contribution in [2.45, 2.75) is 20.4 Å². The minimum atomic E-state index is -0.507. The summed E-state index contributed by atoms with van der Waals surface area (Å²) in [7, 11) is 0. The number of fused-ring (bicyclic) bond motifs is 1. The Bertz CT molecular complexity index is 1290. The van der Waals surface area contributed by atoms with E-state index in [9.17, 15) is 19.2 Å². The summed E-state index contributed by atoms with van der Waals surface area (Å²) < 4.78 is 6.80. The molecule has 7 nitrogen and oxygen atoms in total. The third kappa shape index (κ3) is 4.75. The Balaban J connectivity index is 1.59. The van der Waals surface area contributed by atoms with Gasteiger partial charge in [0.2, 0.25) is 0 Å². The number of amides is 2. The number of nitrogens with zero attached hydrogens (tertiary/aromatic N) is 2. The van der Waals surface area contributed by atoms with Crippen molar-refractivity contribution in [2.75, 3.05) is 13.2 Å². The Morgan fingerprint density at radius 2 is 1.76 bits per heavy atom. The Labute approximate surface area is 195 Å². The highest BCUT2D eigenvalue weighted by molar-refractivity contribution is 8.18. The maximum atomic E-state index is 12.9. The number of aryl methyl sites for hydroxylation is 1. The third-order valence-electron chi connectivity index (χ3n) is 5.26. The van der Waals surface area contributed by atoms with Crippen molar-refractivity contribution < 1.29 is 23.9 Å². The lowest BCUT2D eigenvalue weighted by Gasteiger charge is -2.11. The Morgan fingerprint density at radius 1 is 1.03 bits per heavy atom. The van der Waals surface area contributed by atoms with Crippen LogP contribution >= 0.6 is 11.8 Å². The fraction of sp³-hybridized carbons (Fsp3) is 0.200. The van der Waals surface area contributed by atoms with Gasteiger partial charge in [0.1, 0.15) is 6.54 Å². The van der Waals surface area contributed by atoms with Crippen molar-refractivity contribution >= 4 is 51.6 Å². The molecule has 0 saturated carbocycles. The fourth-order valence-electron chi connectivity index (χ4n) is 3.62. The second kappa shape index (κ2) is 9.46. The molecule has 0 spiro atoms. The summed E-state index contributed by atoms with van der Waals surface area (Å²) in [6.07, 6.45) is 3.39. The number of imide groups is 1. The molecule has 1 aliphatic heterocycles. The number of benzene rings is 2. The fourth-order valence-corrected chi connectivity index (χ4v) is 4.45. The lowest BCUT2D eigenvalue weighted by molar-refractivity contribution is -0.143. The van der Waals surface area contributed by atoms with E-state index in [1.165, 1.54) is 0 Å². The topological polar surface area (TPSA) is 85.7 Å². The lowest BCUT2D eigenvalue weighted by Crippen LogP contribution is -2.33. The molecule has 0 bridgehead atoms. The summed E-state index contributed by atoms with van der Waals surface area (Å²) in [5.74, 6) is -1.17. The van der Waals surface area contributed by atoms with Crippen molar-refractivity contribution in [3.8, 4) is 0 Å². The number of hydrogen-bond acceptors (Lipinski definition) is 6. The highest BCUT2D eigenvalue weighted by atomic mass is 32.2. The molecule has 1 saturated heterocycles. The number of aromatic nitrogens is 1. The molecule has 0 aliphatic carbocycles. The highest BCUT2D eigenvalue weighted by Gasteiger charge is 2.36.